The standard InChI is InChI=1S/C13H25NOS/c1-2-4-13(5-3-1)15-9-8-14-12-6-10-16-11-7-12/h12-14H,1-11H2. The van der Waals surface area contributed by atoms with Gasteiger partial charge in [-0.2, -0.15) is 11.8 Å². The Morgan fingerprint density at radius 1 is 1.00 bits per heavy atom. The topological polar surface area (TPSA) is 21.3 Å². The summed E-state index contributed by atoms with van der Waals surface area (Å²) in [5.41, 5.74) is 0. The molecule has 2 fully saturated rings. The summed E-state index contributed by atoms with van der Waals surface area (Å²) >= 11 is 2.09. The molecule has 0 atom stereocenters. The molecule has 2 rings (SSSR count). The Bertz CT molecular complexity index is 157. The second kappa shape index (κ2) is 7.57. The van der Waals surface area contributed by atoms with Gasteiger partial charge >= 0.3 is 0 Å². The zero-order chi connectivity index (χ0) is 11.1. The fourth-order valence-electron chi connectivity index (χ4n) is 2.62. The molecule has 3 heteroatoms. The molecule has 94 valence electrons. The van der Waals surface area contributed by atoms with Gasteiger partial charge in [-0.05, 0) is 37.2 Å². The first-order valence-electron chi connectivity index (χ1n) is 6.88. The fraction of sp³-hybridized carbons (Fsp3) is 1.00. The van der Waals surface area contributed by atoms with Crippen molar-refractivity contribution in [3.05, 3.63) is 0 Å². The minimum Gasteiger partial charge on any atom is -0.377 e. The van der Waals surface area contributed by atoms with Crippen molar-refractivity contribution < 1.29 is 4.74 Å². The molecule has 0 aromatic carbocycles. The van der Waals surface area contributed by atoms with Crippen LogP contribution in [0.5, 0.6) is 0 Å². The normalized spacial score (nSPS) is 24.8. The lowest BCUT2D eigenvalue weighted by Crippen LogP contribution is -2.35. The van der Waals surface area contributed by atoms with E-state index in [9.17, 15) is 0 Å². The van der Waals surface area contributed by atoms with E-state index in [4.69, 9.17) is 4.74 Å². The van der Waals surface area contributed by atoms with Crippen LogP contribution in [0.4, 0.5) is 0 Å². The van der Waals surface area contributed by atoms with Crippen LogP contribution < -0.4 is 5.32 Å². The van der Waals surface area contributed by atoms with Crippen LogP contribution in [-0.4, -0.2) is 36.8 Å². The molecule has 2 nitrogen and oxygen atoms in total. The summed E-state index contributed by atoms with van der Waals surface area (Å²) in [6.45, 7) is 1.96. The van der Waals surface area contributed by atoms with E-state index in [-0.39, 0.29) is 0 Å². The van der Waals surface area contributed by atoms with E-state index >= 15 is 0 Å². The van der Waals surface area contributed by atoms with Gasteiger partial charge in [-0.15, -0.1) is 0 Å². The highest BCUT2D eigenvalue weighted by Gasteiger charge is 2.14. The van der Waals surface area contributed by atoms with Crippen LogP contribution in [0.3, 0.4) is 0 Å². The van der Waals surface area contributed by atoms with Gasteiger partial charge in [-0.25, -0.2) is 0 Å². The number of thioether (sulfide) groups is 1. The Morgan fingerprint density at radius 3 is 2.50 bits per heavy atom. The van der Waals surface area contributed by atoms with Gasteiger partial charge in [0.2, 0.25) is 0 Å². The highest BCUT2D eigenvalue weighted by atomic mass is 32.2. The van der Waals surface area contributed by atoms with E-state index < -0.39 is 0 Å². The molecule has 1 N–H and O–H groups in total. The summed E-state index contributed by atoms with van der Waals surface area (Å²) in [6, 6.07) is 0.760. The molecular formula is C13H25NOS. The van der Waals surface area contributed by atoms with Crippen LogP contribution in [-0.2, 0) is 4.74 Å². The van der Waals surface area contributed by atoms with Gasteiger partial charge in [0.1, 0.15) is 0 Å². The predicted molar refractivity (Wildman–Crippen MR) is 71.2 cm³/mol. The molecule has 2 aliphatic rings. The van der Waals surface area contributed by atoms with Gasteiger partial charge in [0.25, 0.3) is 0 Å². The van der Waals surface area contributed by atoms with Crippen LogP contribution in [0.25, 0.3) is 0 Å². The molecule has 0 spiro atoms. The van der Waals surface area contributed by atoms with Crippen LogP contribution in [0.1, 0.15) is 44.9 Å². The van der Waals surface area contributed by atoms with Gasteiger partial charge in [0, 0.05) is 12.6 Å². The van der Waals surface area contributed by atoms with Crippen molar-refractivity contribution >= 4 is 11.8 Å². The van der Waals surface area contributed by atoms with Gasteiger partial charge in [-0.1, -0.05) is 19.3 Å². The van der Waals surface area contributed by atoms with E-state index in [1.807, 2.05) is 0 Å². The Balaban J connectivity index is 1.47. The number of hydrogen-bond donors (Lipinski definition) is 1. The lowest BCUT2D eigenvalue weighted by molar-refractivity contribution is 0.0293. The average Bonchev–Trinajstić information content (AvgIpc) is 2.37. The lowest BCUT2D eigenvalue weighted by atomic mass is 9.98. The van der Waals surface area contributed by atoms with Crippen molar-refractivity contribution in [2.24, 2.45) is 0 Å². The van der Waals surface area contributed by atoms with Gasteiger partial charge < -0.3 is 10.1 Å². The monoisotopic (exact) mass is 243 g/mol. The largest absolute Gasteiger partial charge is 0.377 e. The molecular weight excluding hydrogens is 218 g/mol. The first-order chi connectivity index (χ1) is 7.95. The molecule has 0 amide bonds. The molecule has 0 aromatic heterocycles. The molecule has 1 saturated carbocycles. The minimum atomic E-state index is 0.567. The van der Waals surface area contributed by atoms with Gasteiger partial charge in [0.15, 0.2) is 0 Å². The van der Waals surface area contributed by atoms with Crippen molar-refractivity contribution in [2.75, 3.05) is 24.7 Å². The maximum Gasteiger partial charge on any atom is 0.0594 e. The SMILES string of the molecule is C1CCC(OCCNC2CCSCC2)CC1. The fourth-order valence-corrected chi connectivity index (χ4v) is 3.73. The number of ether oxygens (including phenoxy) is 1. The summed E-state index contributed by atoms with van der Waals surface area (Å²) < 4.78 is 5.91. The van der Waals surface area contributed by atoms with Crippen LogP contribution in [0, 0.1) is 0 Å². The molecule has 0 radical (unpaired) electrons. The van der Waals surface area contributed by atoms with Crippen LogP contribution in [0.2, 0.25) is 0 Å². The van der Waals surface area contributed by atoms with E-state index in [0.717, 1.165) is 19.2 Å². The molecule has 1 aliphatic carbocycles. The number of hydrogen-bond acceptors (Lipinski definition) is 3. The van der Waals surface area contributed by atoms with Gasteiger partial charge in [0.05, 0.1) is 12.7 Å². The van der Waals surface area contributed by atoms with E-state index in [2.05, 4.69) is 17.1 Å². The molecule has 1 aliphatic heterocycles. The summed E-state index contributed by atoms with van der Waals surface area (Å²) in [7, 11) is 0. The second-order valence-electron chi connectivity index (χ2n) is 4.97. The van der Waals surface area contributed by atoms with E-state index in [1.165, 1.54) is 56.5 Å². The molecule has 16 heavy (non-hydrogen) atoms. The van der Waals surface area contributed by atoms with Gasteiger partial charge in [-0.3, -0.25) is 0 Å². The Hall–Kier alpha value is 0.270. The highest BCUT2D eigenvalue weighted by Crippen LogP contribution is 2.20. The highest BCUT2D eigenvalue weighted by molar-refractivity contribution is 7.99. The first-order valence-corrected chi connectivity index (χ1v) is 8.03. The van der Waals surface area contributed by atoms with Crippen molar-refractivity contribution in [3.8, 4) is 0 Å². The molecule has 0 bridgehead atoms. The molecule has 0 aromatic rings. The van der Waals surface area contributed by atoms with Crippen molar-refractivity contribution in [1.82, 2.24) is 5.32 Å². The maximum absolute atomic E-state index is 5.91. The summed E-state index contributed by atoms with van der Waals surface area (Å²) in [6.07, 6.45) is 9.99. The second-order valence-corrected chi connectivity index (χ2v) is 6.20. The smallest absolute Gasteiger partial charge is 0.0594 e. The zero-order valence-electron chi connectivity index (χ0n) is 10.2. The zero-order valence-corrected chi connectivity index (χ0v) is 11.1. The third-order valence-corrected chi connectivity index (χ3v) is 4.71. The maximum atomic E-state index is 5.91. The number of nitrogens with one attached hydrogen (secondary N) is 1. The third kappa shape index (κ3) is 4.64. The lowest BCUT2D eigenvalue weighted by Gasteiger charge is -2.25. The van der Waals surface area contributed by atoms with Crippen molar-refractivity contribution in [3.63, 3.8) is 0 Å². The van der Waals surface area contributed by atoms with E-state index in [0.29, 0.717) is 6.10 Å². The summed E-state index contributed by atoms with van der Waals surface area (Å²) in [5.74, 6) is 2.67. The first kappa shape index (κ1) is 12.7. The Labute approximate surface area is 104 Å². The van der Waals surface area contributed by atoms with Crippen molar-refractivity contribution in [2.45, 2.75) is 57.1 Å². The summed E-state index contributed by atoms with van der Waals surface area (Å²) in [5, 5.41) is 3.62. The van der Waals surface area contributed by atoms with Crippen LogP contribution in [0.15, 0.2) is 0 Å². The van der Waals surface area contributed by atoms with Crippen molar-refractivity contribution in [1.29, 1.82) is 0 Å². The Morgan fingerprint density at radius 2 is 1.75 bits per heavy atom. The average molecular weight is 243 g/mol. The van der Waals surface area contributed by atoms with E-state index in [1.54, 1.807) is 0 Å². The number of rotatable bonds is 5. The predicted octanol–water partition coefficient (Wildman–Crippen LogP) is 2.82. The molecule has 1 saturated heterocycles. The molecule has 0 unspecified atom stereocenters. The third-order valence-electron chi connectivity index (χ3n) is 3.66. The minimum absolute atomic E-state index is 0.567. The summed E-state index contributed by atoms with van der Waals surface area (Å²) in [4.78, 5) is 0. The Kier molecular flexibility index (Phi) is 6.02. The van der Waals surface area contributed by atoms with Crippen LogP contribution >= 0.6 is 11.8 Å². The molecule has 1 heterocycles. The quantitative estimate of drug-likeness (QED) is 0.750.